The minimum Gasteiger partial charge on any atom is -0.484 e. The van der Waals surface area contributed by atoms with E-state index in [-0.39, 0.29) is 25.0 Å². The number of ether oxygens (including phenoxy) is 1. The zero-order valence-electron chi connectivity index (χ0n) is 18.6. The SMILES string of the molecule is Cc1ccc(OCC(=O)N(Cc2ccccc2Cl)C(C)C(=O)NC(C)(C)C)cc1C. The Morgan fingerprint density at radius 1 is 1.10 bits per heavy atom. The van der Waals surface area contributed by atoms with Gasteiger partial charge in [-0.2, -0.15) is 0 Å². The highest BCUT2D eigenvalue weighted by Gasteiger charge is 2.29. The van der Waals surface area contributed by atoms with Crippen LogP contribution in [0.15, 0.2) is 42.5 Å². The van der Waals surface area contributed by atoms with Gasteiger partial charge in [0.05, 0.1) is 0 Å². The summed E-state index contributed by atoms with van der Waals surface area (Å²) in [5, 5.41) is 3.49. The second kappa shape index (κ2) is 9.98. The van der Waals surface area contributed by atoms with Crippen LogP contribution in [0.3, 0.4) is 0 Å². The van der Waals surface area contributed by atoms with Gasteiger partial charge in [-0.25, -0.2) is 0 Å². The standard InChI is InChI=1S/C24H31ClN2O3/c1-16-11-12-20(13-17(16)2)30-15-22(28)27(14-19-9-7-8-10-21(19)25)18(3)23(29)26-24(4,5)6/h7-13,18H,14-15H2,1-6H3,(H,26,29). The molecule has 0 aliphatic rings. The van der Waals surface area contributed by atoms with Crippen molar-refractivity contribution >= 4 is 23.4 Å². The van der Waals surface area contributed by atoms with Crippen molar-refractivity contribution < 1.29 is 14.3 Å². The van der Waals surface area contributed by atoms with E-state index < -0.39 is 11.6 Å². The maximum absolute atomic E-state index is 13.1. The van der Waals surface area contributed by atoms with Gasteiger partial charge in [0.1, 0.15) is 11.8 Å². The Morgan fingerprint density at radius 2 is 1.77 bits per heavy atom. The van der Waals surface area contributed by atoms with Crippen molar-refractivity contribution in [1.82, 2.24) is 10.2 Å². The van der Waals surface area contributed by atoms with E-state index in [0.29, 0.717) is 10.8 Å². The van der Waals surface area contributed by atoms with Crippen LogP contribution in [0.1, 0.15) is 44.4 Å². The van der Waals surface area contributed by atoms with Gasteiger partial charge in [-0.1, -0.05) is 35.9 Å². The van der Waals surface area contributed by atoms with Crippen LogP contribution in [0.4, 0.5) is 0 Å². The smallest absolute Gasteiger partial charge is 0.261 e. The van der Waals surface area contributed by atoms with Crippen molar-refractivity contribution in [3.63, 3.8) is 0 Å². The predicted octanol–water partition coefficient (Wildman–Crippen LogP) is 4.67. The highest BCUT2D eigenvalue weighted by molar-refractivity contribution is 6.31. The van der Waals surface area contributed by atoms with Gasteiger partial charge < -0.3 is 15.0 Å². The number of hydrogen-bond donors (Lipinski definition) is 1. The Bertz CT molecular complexity index is 906. The van der Waals surface area contributed by atoms with Crippen LogP contribution < -0.4 is 10.1 Å². The zero-order valence-corrected chi connectivity index (χ0v) is 19.3. The van der Waals surface area contributed by atoms with Gasteiger partial charge in [0.2, 0.25) is 5.91 Å². The van der Waals surface area contributed by atoms with E-state index in [1.165, 1.54) is 4.90 Å². The van der Waals surface area contributed by atoms with E-state index in [4.69, 9.17) is 16.3 Å². The number of hydrogen-bond acceptors (Lipinski definition) is 3. The first-order valence-electron chi connectivity index (χ1n) is 10.0. The van der Waals surface area contributed by atoms with Gasteiger partial charge in [-0.3, -0.25) is 9.59 Å². The molecule has 1 atom stereocenters. The molecular weight excluding hydrogens is 400 g/mol. The minimum atomic E-state index is -0.684. The first-order chi connectivity index (χ1) is 14.0. The van der Waals surface area contributed by atoms with Crippen LogP contribution >= 0.6 is 11.6 Å². The monoisotopic (exact) mass is 430 g/mol. The largest absolute Gasteiger partial charge is 0.484 e. The molecule has 2 rings (SSSR count). The Labute approximate surface area is 184 Å². The predicted molar refractivity (Wildman–Crippen MR) is 121 cm³/mol. The molecule has 2 aromatic rings. The first kappa shape index (κ1) is 23.7. The lowest BCUT2D eigenvalue weighted by Crippen LogP contribution is -2.53. The fourth-order valence-corrected chi connectivity index (χ4v) is 3.09. The van der Waals surface area contributed by atoms with E-state index >= 15 is 0 Å². The fraction of sp³-hybridized carbons (Fsp3) is 0.417. The highest BCUT2D eigenvalue weighted by atomic mass is 35.5. The third kappa shape index (κ3) is 6.77. The van der Waals surface area contributed by atoms with Gasteiger partial charge in [0, 0.05) is 17.1 Å². The summed E-state index contributed by atoms with van der Waals surface area (Å²) in [7, 11) is 0. The lowest BCUT2D eigenvalue weighted by molar-refractivity contribution is -0.142. The van der Waals surface area contributed by atoms with E-state index in [0.717, 1.165) is 16.7 Å². The fourth-order valence-electron chi connectivity index (χ4n) is 2.90. The molecule has 162 valence electrons. The number of halogens is 1. The van der Waals surface area contributed by atoms with Gasteiger partial charge in [-0.15, -0.1) is 0 Å². The van der Waals surface area contributed by atoms with E-state index in [1.54, 1.807) is 13.0 Å². The summed E-state index contributed by atoms with van der Waals surface area (Å²) in [6.45, 7) is 11.5. The average molecular weight is 431 g/mol. The molecule has 0 radical (unpaired) electrons. The summed E-state index contributed by atoms with van der Waals surface area (Å²) in [5.74, 6) is 0.106. The summed E-state index contributed by atoms with van der Waals surface area (Å²) < 4.78 is 5.73. The molecule has 0 aliphatic carbocycles. The summed E-state index contributed by atoms with van der Waals surface area (Å²) >= 11 is 6.30. The van der Waals surface area contributed by atoms with Gasteiger partial charge in [0.25, 0.3) is 5.91 Å². The highest BCUT2D eigenvalue weighted by Crippen LogP contribution is 2.20. The number of nitrogens with zero attached hydrogens (tertiary/aromatic N) is 1. The molecule has 0 heterocycles. The van der Waals surface area contributed by atoms with Crippen molar-refractivity contribution in [1.29, 1.82) is 0 Å². The molecule has 0 saturated heterocycles. The number of nitrogens with one attached hydrogen (secondary N) is 1. The molecule has 0 spiro atoms. The van der Waals surface area contributed by atoms with Gasteiger partial charge in [0.15, 0.2) is 6.61 Å². The minimum absolute atomic E-state index is 0.167. The summed E-state index contributed by atoms with van der Waals surface area (Å²) in [4.78, 5) is 27.3. The molecule has 2 amide bonds. The second-order valence-electron chi connectivity index (χ2n) is 8.56. The Kier molecular flexibility index (Phi) is 7.90. The molecular formula is C24H31ClN2O3. The van der Waals surface area contributed by atoms with E-state index in [9.17, 15) is 9.59 Å². The Balaban J connectivity index is 2.20. The van der Waals surface area contributed by atoms with Crippen LogP contribution in [0.25, 0.3) is 0 Å². The maximum Gasteiger partial charge on any atom is 0.261 e. The maximum atomic E-state index is 13.1. The number of rotatable bonds is 7. The molecule has 0 aliphatic heterocycles. The van der Waals surface area contributed by atoms with Crippen LogP contribution in [0, 0.1) is 13.8 Å². The van der Waals surface area contributed by atoms with Crippen LogP contribution in [-0.2, 0) is 16.1 Å². The molecule has 5 nitrogen and oxygen atoms in total. The molecule has 0 saturated carbocycles. The number of carbonyl (C=O) groups is 2. The number of carbonyl (C=O) groups excluding carboxylic acids is 2. The molecule has 6 heteroatoms. The van der Waals surface area contributed by atoms with Crippen molar-refractivity contribution in [2.45, 2.75) is 59.7 Å². The van der Waals surface area contributed by atoms with Crippen LogP contribution in [0.5, 0.6) is 5.75 Å². The van der Waals surface area contributed by atoms with Crippen molar-refractivity contribution in [2.24, 2.45) is 0 Å². The van der Waals surface area contributed by atoms with Crippen LogP contribution in [0.2, 0.25) is 5.02 Å². The number of amides is 2. The molecule has 0 fully saturated rings. The molecule has 30 heavy (non-hydrogen) atoms. The zero-order chi connectivity index (χ0) is 22.5. The number of benzene rings is 2. The lowest BCUT2D eigenvalue weighted by atomic mass is 10.1. The summed E-state index contributed by atoms with van der Waals surface area (Å²) in [6, 6.07) is 12.3. The van der Waals surface area contributed by atoms with Gasteiger partial charge >= 0.3 is 0 Å². The number of aryl methyl sites for hydroxylation is 2. The summed E-state index contributed by atoms with van der Waals surface area (Å²) in [5.41, 5.74) is 2.61. The molecule has 1 unspecified atom stereocenters. The molecule has 1 N–H and O–H groups in total. The Hall–Kier alpha value is -2.53. The van der Waals surface area contributed by atoms with Crippen LogP contribution in [-0.4, -0.2) is 34.9 Å². The normalized spacial score (nSPS) is 12.2. The lowest BCUT2D eigenvalue weighted by Gasteiger charge is -2.31. The van der Waals surface area contributed by atoms with Crippen molar-refractivity contribution in [3.8, 4) is 5.75 Å². The third-order valence-electron chi connectivity index (χ3n) is 4.80. The average Bonchev–Trinajstić information content (AvgIpc) is 2.66. The quantitative estimate of drug-likeness (QED) is 0.694. The topological polar surface area (TPSA) is 58.6 Å². The summed E-state index contributed by atoms with van der Waals surface area (Å²) in [6.07, 6.45) is 0. The molecule has 0 bridgehead atoms. The second-order valence-corrected chi connectivity index (χ2v) is 8.97. The van der Waals surface area contributed by atoms with Gasteiger partial charge in [-0.05, 0) is 76.4 Å². The van der Waals surface area contributed by atoms with E-state index in [2.05, 4.69) is 5.32 Å². The molecule has 0 aromatic heterocycles. The van der Waals surface area contributed by atoms with Crippen molar-refractivity contribution in [3.05, 3.63) is 64.2 Å². The van der Waals surface area contributed by atoms with E-state index in [1.807, 2.05) is 71.0 Å². The Morgan fingerprint density at radius 3 is 2.37 bits per heavy atom. The third-order valence-corrected chi connectivity index (χ3v) is 5.17. The van der Waals surface area contributed by atoms with Crippen molar-refractivity contribution in [2.75, 3.05) is 6.61 Å². The molecule has 2 aromatic carbocycles. The first-order valence-corrected chi connectivity index (χ1v) is 10.4.